The second-order valence-electron chi connectivity index (χ2n) is 7.59. The van der Waals surface area contributed by atoms with Gasteiger partial charge in [0.15, 0.2) is 5.78 Å². The highest BCUT2D eigenvalue weighted by molar-refractivity contribution is 5.97. The van der Waals surface area contributed by atoms with E-state index in [-0.39, 0.29) is 42.9 Å². The fourth-order valence-corrected chi connectivity index (χ4v) is 3.44. The predicted octanol–water partition coefficient (Wildman–Crippen LogP) is 3.45. The molecule has 7 nitrogen and oxygen atoms in total. The zero-order valence-electron chi connectivity index (χ0n) is 16.9. The Labute approximate surface area is 177 Å². The number of halogens is 3. The first-order valence-corrected chi connectivity index (χ1v) is 9.58. The van der Waals surface area contributed by atoms with Gasteiger partial charge in [-0.3, -0.25) is 14.7 Å². The largest absolute Gasteiger partial charge is 0.433 e. The molecule has 1 aliphatic heterocycles. The molecule has 1 saturated heterocycles. The molecule has 0 radical (unpaired) electrons. The lowest BCUT2D eigenvalue weighted by Gasteiger charge is -2.25. The van der Waals surface area contributed by atoms with Crippen molar-refractivity contribution >= 4 is 17.5 Å². The number of nitriles is 1. The molecule has 1 aliphatic rings. The Hall–Kier alpha value is -3.48. The van der Waals surface area contributed by atoms with Crippen LogP contribution in [0.3, 0.4) is 0 Å². The van der Waals surface area contributed by atoms with Crippen LogP contribution >= 0.6 is 0 Å². The molecule has 0 bridgehead atoms. The molecule has 1 fully saturated rings. The average Bonchev–Trinajstić information content (AvgIpc) is 3.04. The van der Waals surface area contributed by atoms with Crippen molar-refractivity contribution in [2.24, 2.45) is 5.92 Å². The van der Waals surface area contributed by atoms with Crippen LogP contribution in [0.4, 0.5) is 23.7 Å². The summed E-state index contributed by atoms with van der Waals surface area (Å²) >= 11 is 0. The maximum Gasteiger partial charge on any atom is 0.433 e. The van der Waals surface area contributed by atoms with E-state index in [0.717, 1.165) is 12.3 Å². The predicted molar refractivity (Wildman–Crippen MR) is 105 cm³/mol. The van der Waals surface area contributed by atoms with Crippen LogP contribution in [0.25, 0.3) is 0 Å². The first-order valence-electron chi connectivity index (χ1n) is 9.58. The number of Topliss-reactive ketones (excluding diaryl/α,β-unsaturated/α-hetero) is 1. The highest BCUT2D eigenvalue weighted by Crippen LogP contribution is 2.31. The van der Waals surface area contributed by atoms with Gasteiger partial charge in [-0.25, -0.2) is 9.78 Å². The van der Waals surface area contributed by atoms with Crippen LogP contribution in [0.2, 0.25) is 0 Å². The van der Waals surface area contributed by atoms with Crippen molar-refractivity contribution < 1.29 is 22.8 Å². The number of ketones is 1. The average molecular weight is 431 g/mol. The second-order valence-corrected chi connectivity index (χ2v) is 7.59. The number of carbonyl (C=O) groups excluding carboxylic acids is 2. The zero-order chi connectivity index (χ0) is 22.8. The van der Waals surface area contributed by atoms with Crippen LogP contribution in [0.15, 0.2) is 36.7 Å². The summed E-state index contributed by atoms with van der Waals surface area (Å²) in [6.07, 6.45) is -2.14. The first-order chi connectivity index (χ1) is 14.6. The van der Waals surface area contributed by atoms with E-state index >= 15 is 0 Å². The Balaban J connectivity index is 1.76. The van der Waals surface area contributed by atoms with Crippen molar-refractivity contribution in [3.8, 4) is 6.07 Å². The number of hydrogen-bond acceptors (Lipinski definition) is 5. The van der Waals surface area contributed by atoms with E-state index in [1.54, 1.807) is 0 Å². The van der Waals surface area contributed by atoms with Crippen LogP contribution in [0, 0.1) is 17.2 Å². The molecule has 2 aromatic rings. The van der Waals surface area contributed by atoms with E-state index in [2.05, 4.69) is 9.97 Å². The molecule has 10 heteroatoms. The SMILES string of the molecule is CC(C)[C@H]1CN(c2ccc(C(F)(F)F)nc2)C(=O)N1CC(=O)Cc1cc(C#N)ccn1. The third-order valence-corrected chi connectivity index (χ3v) is 5.04. The molecule has 0 saturated carbocycles. The van der Waals surface area contributed by atoms with Crippen LogP contribution in [0.1, 0.15) is 30.8 Å². The lowest BCUT2D eigenvalue weighted by atomic mass is 10.0. The van der Waals surface area contributed by atoms with E-state index in [4.69, 9.17) is 5.26 Å². The molecule has 31 heavy (non-hydrogen) atoms. The number of alkyl halides is 3. The summed E-state index contributed by atoms with van der Waals surface area (Å²) in [4.78, 5) is 35.8. The van der Waals surface area contributed by atoms with Gasteiger partial charge in [0.2, 0.25) is 0 Å². The Morgan fingerprint density at radius 2 is 2.03 bits per heavy atom. The fraction of sp³-hybridized carbons (Fsp3) is 0.381. The highest BCUT2D eigenvalue weighted by atomic mass is 19.4. The van der Waals surface area contributed by atoms with E-state index in [1.807, 2.05) is 19.9 Å². The Bertz CT molecular complexity index is 1010. The molecular weight excluding hydrogens is 411 g/mol. The summed E-state index contributed by atoms with van der Waals surface area (Å²) in [5, 5.41) is 8.97. The van der Waals surface area contributed by atoms with Gasteiger partial charge in [0, 0.05) is 18.4 Å². The number of nitrogens with zero attached hydrogens (tertiary/aromatic N) is 5. The van der Waals surface area contributed by atoms with Crippen LogP contribution in [-0.4, -0.2) is 45.8 Å². The van der Waals surface area contributed by atoms with Gasteiger partial charge in [0.1, 0.15) is 5.69 Å². The quantitative estimate of drug-likeness (QED) is 0.699. The smallest absolute Gasteiger partial charge is 0.312 e. The summed E-state index contributed by atoms with van der Waals surface area (Å²) in [5.41, 5.74) is 0.0149. The molecule has 0 spiro atoms. The van der Waals surface area contributed by atoms with Crippen LogP contribution in [-0.2, 0) is 17.4 Å². The lowest BCUT2D eigenvalue weighted by molar-refractivity contribution is -0.141. The standard InChI is InChI=1S/C21H20F3N5O2/c1-13(2)18-12-28(16-3-4-19(27-10-16)21(22,23)24)20(31)29(18)11-17(30)8-15-7-14(9-25)5-6-26-15/h3-7,10,13,18H,8,11-12H2,1-2H3/t18-/m1/s1. The van der Waals surface area contributed by atoms with E-state index < -0.39 is 17.9 Å². The number of amides is 2. The molecular formula is C21H20F3N5O2. The van der Waals surface area contributed by atoms with Gasteiger partial charge in [-0.15, -0.1) is 0 Å². The number of anilines is 1. The number of pyridine rings is 2. The monoisotopic (exact) mass is 431 g/mol. The van der Waals surface area contributed by atoms with E-state index in [1.165, 1.54) is 34.2 Å². The molecule has 2 amide bonds. The molecule has 3 rings (SSSR count). The highest BCUT2D eigenvalue weighted by Gasteiger charge is 2.41. The summed E-state index contributed by atoms with van der Waals surface area (Å²) in [5.74, 6) is -0.238. The Kier molecular flexibility index (Phi) is 6.24. The minimum absolute atomic E-state index is 0.0178. The maximum atomic E-state index is 13.0. The van der Waals surface area contributed by atoms with Gasteiger partial charge in [-0.2, -0.15) is 18.4 Å². The van der Waals surface area contributed by atoms with Gasteiger partial charge >= 0.3 is 12.2 Å². The Morgan fingerprint density at radius 3 is 2.61 bits per heavy atom. The van der Waals surface area contributed by atoms with Crippen molar-refractivity contribution in [3.05, 3.63) is 53.6 Å². The molecule has 0 unspecified atom stereocenters. The van der Waals surface area contributed by atoms with Crippen molar-refractivity contribution in [3.63, 3.8) is 0 Å². The normalized spacial score (nSPS) is 16.7. The van der Waals surface area contributed by atoms with Gasteiger partial charge in [0.25, 0.3) is 0 Å². The zero-order valence-corrected chi connectivity index (χ0v) is 16.9. The summed E-state index contributed by atoms with van der Waals surface area (Å²) in [7, 11) is 0. The van der Waals surface area contributed by atoms with Gasteiger partial charge in [-0.05, 0) is 30.2 Å². The van der Waals surface area contributed by atoms with Crippen molar-refractivity contribution in [1.29, 1.82) is 5.26 Å². The fourth-order valence-electron chi connectivity index (χ4n) is 3.44. The summed E-state index contributed by atoms with van der Waals surface area (Å²) in [6, 6.07) is 6.30. The number of aromatic nitrogens is 2. The molecule has 1 atom stereocenters. The number of rotatable bonds is 6. The topological polar surface area (TPSA) is 90.2 Å². The molecule has 0 aromatic carbocycles. The number of urea groups is 1. The maximum absolute atomic E-state index is 13.0. The summed E-state index contributed by atoms with van der Waals surface area (Å²) < 4.78 is 38.3. The minimum atomic E-state index is -4.57. The molecule has 2 aromatic heterocycles. The number of carbonyl (C=O) groups is 2. The molecule has 162 valence electrons. The van der Waals surface area contributed by atoms with Gasteiger partial charge in [0.05, 0.1) is 42.5 Å². The van der Waals surface area contributed by atoms with E-state index in [0.29, 0.717) is 11.3 Å². The van der Waals surface area contributed by atoms with Gasteiger partial charge in [-0.1, -0.05) is 13.8 Å². The van der Waals surface area contributed by atoms with Crippen molar-refractivity contribution in [1.82, 2.24) is 14.9 Å². The number of hydrogen-bond donors (Lipinski definition) is 0. The lowest BCUT2D eigenvalue weighted by Crippen LogP contribution is -2.41. The second kappa shape index (κ2) is 8.71. The molecule has 0 aliphatic carbocycles. The first kappa shape index (κ1) is 22.2. The van der Waals surface area contributed by atoms with Crippen molar-refractivity contribution in [2.45, 2.75) is 32.5 Å². The Morgan fingerprint density at radius 1 is 1.29 bits per heavy atom. The molecule has 3 heterocycles. The van der Waals surface area contributed by atoms with Gasteiger partial charge < -0.3 is 4.90 Å². The van der Waals surface area contributed by atoms with Crippen molar-refractivity contribution in [2.75, 3.05) is 18.0 Å². The third kappa shape index (κ3) is 4.99. The van der Waals surface area contributed by atoms with Crippen LogP contribution < -0.4 is 4.90 Å². The van der Waals surface area contributed by atoms with Crippen LogP contribution in [0.5, 0.6) is 0 Å². The minimum Gasteiger partial charge on any atom is -0.312 e. The summed E-state index contributed by atoms with van der Waals surface area (Å²) in [6.45, 7) is 3.88. The van der Waals surface area contributed by atoms with E-state index in [9.17, 15) is 22.8 Å². The molecule has 0 N–H and O–H groups in total. The third-order valence-electron chi connectivity index (χ3n) is 5.04.